The van der Waals surface area contributed by atoms with Crippen molar-refractivity contribution in [1.29, 1.82) is 0 Å². The van der Waals surface area contributed by atoms with Crippen LogP contribution in [0.15, 0.2) is 29.4 Å². The van der Waals surface area contributed by atoms with Crippen molar-refractivity contribution in [3.63, 3.8) is 0 Å². The van der Waals surface area contributed by atoms with E-state index in [9.17, 15) is 15.3 Å². The van der Waals surface area contributed by atoms with Crippen LogP contribution in [0.5, 0.6) is 11.5 Å². The first-order chi connectivity index (χ1) is 14.9. The van der Waals surface area contributed by atoms with Gasteiger partial charge in [0.1, 0.15) is 11.5 Å². The van der Waals surface area contributed by atoms with Crippen LogP contribution in [0.4, 0.5) is 0 Å². The Morgan fingerprint density at radius 3 is 2.16 bits per heavy atom. The standard InChI is InChI=1S/C29H46O3/c1-20(2)12-9-13-21(3)14-10-15-22(4)16-11-18-29(8,32)19-17-26-25(7)27(30)23(5)24(6)28(26)31/h12,14,17,19,22,30-32H,9-11,13,15-16,18H2,1-8H3/b19-17+,21-14?. The van der Waals surface area contributed by atoms with Gasteiger partial charge in [-0.15, -0.1) is 0 Å². The normalized spacial score (nSPS) is 15.1. The fourth-order valence-electron chi connectivity index (χ4n) is 3.95. The Balaban J connectivity index is 2.53. The molecule has 1 aromatic rings. The van der Waals surface area contributed by atoms with Gasteiger partial charge >= 0.3 is 0 Å². The van der Waals surface area contributed by atoms with Crippen LogP contribution in [0, 0.1) is 26.7 Å². The van der Waals surface area contributed by atoms with E-state index >= 15 is 0 Å². The molecule has 0 radical (unpaired) electrons. The van der Waals surface area contributed by atoms with Gasteiger partial charge < -0.3 is 15.3 Å². The zero-order valence-electron chi connectivity index (χ0n) is 21.7. The molecule has 32 heavy (non-hydrogen) atoms. The van der Waals surface area contributed by atoms with Crippen LogP contribution in [0.25, 0.3) is 6.08 Å². The Bertz CT molecular complexity index is 807. The van der Waals surface area contributed by atoms with Gasteiger partial charge in [-0.1, -0.05) is 55.2 Å². The first-order valence-corrected chi connectivity index (χ1v) is 12.1. The van der Waals surface area contributed by atoms with Gasteiger partial charge in [0.25, 0.3) is 0 Å². The van der Waals surface area contributed by atoms with Crippen molar-refractivity contribution in [3.05, 3.63) is 51.6 Å². The van der Waals surface area contributed by atoms with E-state index in [1.165, 1.54) is 17.6 Å². The molecule has 1 aromatic carbocycles. The van der Waals surface area contributed by atoms with Crippen molar-refractivity contribution in [2.24, 2.45) is 5.92 Å². The van der Waals surface area contributed by atoms with Crippen molar-refractivity contribution >= 4 is 6.08 Å². The van der Waals surface area contributed by atoms with E-state index in [2.05, 4.69) is 39.8 Å². The monoisotopic (exact) mass is 442 g/mol. The van der Waals surface area contributed by atoms with Gasteiger partial charge in [0.05, 0.1) is 5.60 Å². The Morgan fingerprint density at radius 2 is 1.53 bits per heavy atom. The van der Waals surface area contributed by atoms with Crippen molar-refractivity contribution < 1.29 is 15.3 Å². The number of rotatable bonds is 12. The predicted molar refractivity (Wildman–Crippen MR) is 138 cm³/mol. The Morgan fingerprint density at radius 1 is 0.906 bits per heavy atom. The molecule has 0 bridgehead atoms. The number of hydrogen-bond donors (Lipinski definition) is 3. The summed E-state index contributed by atoms with van der Waals surface area (Å²) in [5, 5.41) is 31.5. The molecular weight excluding hydrogens is 396 g/mol. The molecule has 1 rings (SSSR count). The lowest BCUT2D eigenvalue weighted by Crippen LogP contribution is -2.20. The quantitative estimate of drug-likeness (QED) is 0.226. The van der Waals surface area contributed by atoms with E-state index in [0.29, 0.717) is 34.6 Å². The Labute approximate surface area is 196 Å². The molecular formula is C29H46O3. The Hall–Kier alpha value is -2.00. The van der Waals surface area contributed by atoms with E-state index < -0.39 is 5.60 Å². The number of phenols is 2. The molecule has 0 saturated carbocycles. The van der Waals surface area contributed by atoms with Gasteiger partial charge in [-0.3, -0.25) is 0 Å². The number of benzene rings is 1. The maximum atomic E-state index is 10.8. The Kier molecular flexibility index (Phi) is 11.3. The van der Waals surface area contributed by atoms with Crippen molar-refractivity contribution in [3.8, 4) is 11.5 Å². The summed E-state index contributed by atoms with van der Waals surface area (Å²) in [6.07, 6.45) is 15.4. The molecule has 2 atom stereocenters. The fraction of sp³-hybridized carbons (Fsp3) is 0.586. The average molecular weight is 443 g/mol. The van der Waals surface area contributed by atoms with Crippen molar-refractivity contribution in [2.75, 3.05) is 0 Å². The van der Waals surface area contributed by atoms with Gasteiger partial charge in [0, 0.05) is 11.1 Å². The third-order valence-electron chi connectivity index (χ3n) is 6.52. The van der Waals surface area contributed by atoms with Gasteiger partial charge in [0.2, 0.25) is 0 Å². The van der Waals surface area contributed by atoms with Crippen molar-refractivity contribution in [2.45, 2.75) is 106 Å². The van der Waals surface area contributed by atoms with E-state index in [1.807, 2.05) is 0 Å². The third-order valence-corrected chi connectivity index (χ3v) is 6.52. The van der Waals surface area contributed by atoms with Gasteiger partial charge in [0.15, 0.2) is 0 Å². The van der Waals surface area contributed by atoms with Crippen LogP contribution in [0.3, 0.4) is 0 Å². The zero-order valence-corrected chi connectivity index (χ0v) is 21.7. The first kappa shape index (κ1) is 28.0. The first-order valence-electron chi connectivity index (χ1n) is 12.1. The van der Waals surface area contributed by atoms with E-state index in [4.69, 9.17) is 0 Å². The second-order valence-electron chi connectivity index (χ2n) is 10.1. The van der Waals surface area contributed by atoms with Crippen LogP contribution in [0.1, 0.15) is 102 Å². The summed E-state index contributed by atoms with van der Waals surface area (Å²) in [4.78, 5) is 0. The van der Waals surface area contributed by atoms with Crippen LogP contribution in [0.2, 0.25) is 0 Å². The average Bonchev–Trinajstić information content (AvgIpc) is 2.70. The summed E-state index contributed by atoms with van der Waals surface area (Å²) in [6.45, 7) is 16.0. The van der Waals surface area contributed by atoms with Crippen molar-refractivity contribution in [1.82, 2.24) is 0 Å². The topological polar surface area (TPSA) is 60.7 Å². The fourth-order valence-corrected chi connectivity index (χ4v) is 3.95. The number of phenolic OH excluding ortho intramolecular Hbond substituents is 2. The SMILES string of the molecule is CC(C)=CCCC(C)=CCCC(C)CCCC(C)(O)/C=C/c1c(C)c(O)c(C)c(C)c1O. The zero-order chi connectivity index (χ0) is 24.5. The molecule has 0 heterocycles. The molecule has 0 amide bonds. The molecule has 0 saturated heterocycles. The van der Waals surface area contributed by atoms with Gasteiger partial charge in [-0.25, -0.2) is 0 Å². The minimum atomic E-state index is -0.950. The number of aliphatic hydroxyl groups is 1. The maximum absolute atomic E-state index is 10.8. The molecule has 180 valence electrons. The highest BCUT2D eigenvalue weighted by Gasteiger charge is 2.19. The lowest BCUT2D eigenvalue weighted by atomic mass is 9.91. The summed E-state index contributed by atoms with van der Waals surface area (Å²) in [5.74, 6) is 0.997. The highest BCUT2D eigenvalue weighted by molar-refractivity contribution is 5.69. The van der Waals surface area contributed by atoms with Crippen LogP contribution < -0.4 is 0 Å². The maximum Gasteiger partial charge on any atom is 0.126 e. The van der Waals surface area contributed by atoms with Crippen LogP contribution in [-0.4, -0.2) is 20.9 Å². The summed E-state index contributed by atoms with van der Waals surface area (Å²) < 4.78 is 0. The molecule has 0 fully saturated rings. The summed E-state index contributed by atoms with van der Waals surface area (Å²) in [7, 11) is 0. The van der Waals surface area contributed by atoms with Gasteiger partial charge in [-0.05, 0) is 97.6 Å². The molecule has 3 heteroatoms. The highest BCUT2D eigenvalue weighted by Crippen LogP contribution is 2.37. The number of allylic oxidation sites excluding steroid dienone is 4. The highest BCUT2D eigenvalue weighted by atomic mass is 16.3. The van der Waals surface area contributed by atoms with Gasteiger partial charge in [-0.2, -0.15) is 0 Å². The van der Waals surface area contributed by atoms with Crippen LogP contribution >= 0.6 is 0 Å². The number of hydrogen-bond acceptors (Lipinski definition) is 3. The summed E-state index contributed by atoms with van der Waals surface area (Å²) in [5.41, 5.74) is 4.48. The van der Waals surface area contributed by atoms with E-state index in [0.717, 1.165) is 32.1 Å². The second kappa shape index (κ2) is 12.9. The summed E-state index contributed by atoms with van der Waals surface area (Å²) >= 11 is 0. The number of aromatic hydroxyl groups is 2. The summed E-state index contributed by atoms with van der Waals surface area (Å²) in [6, 6.07) is 0. The molecule has 3 N–H and O–H groups in total. The smallest absolute Gasteiger partial charge is 0.126 e. The molecule has 2 unspecified atom stereocenters. The molecule has 0 aliphatic carbocycles. The third kappa shape index (κ3) is 9.24. The minimum Gasteiger partial charge on any atom is -0.507 e. The minimum absolute atomic E-state index is 0.169. The van der Waals surface area contributed by atoms with E-state index in [1.54, 1.807) is 39.8 Å². The molecule has 0 aliphatic heterocycles. The lowest BCUT2D eigenvalue weighted by Gasteiger charge is -2.21. The molecule has 0 spiro atoms. The molecule has 0 aliphatic rings. The predicted octanol–water partition coefficient (Wildman–Crippen LogP) is 8.07. The largest absolute Gasteiger partial charge is 0.507 e. The molecule has 0 aromatic heterocycles. The lowest BCUT2D eigenvalue weighted by molar-refractivity contribution is 0.0980. The van der Waals surface area contributed by atoms with E-state index in [-0.39, 0.29) is 11.5 Å². The molecule has 3 nitrogen and oxygen atoms in total. The second-order valence-corrected chi connectivity index (χ2v) is 10.1. The van der Waals surface area contributed by atoms with Crippen LogP contribution in [-0.2, 0) is 0 Å².